The number of fused-ring (bicyclic) bond motifs is 1. The largest absolute Gasteiger partial charge is 0.383 e. The Hall–Kier alpha value is -2.45. The summed E-state index contributed by atoms with van der Waals surface area (Å²) >= 11 is 0. The minimum atomic E-state index is 0. The van der Waals surface area contributed by atoms with E-state index in [-0.39, 0.29) is 30.8 Å². The summed E-state index contributed by atoms with van der Waals surface area (Å²) in [5, 5.41) is 3.36. The van der Waals surface area contributed by atoms with Crippen LogP contribution in [0.5, 0.6) is 0 Å². The van der Waals surface area contributed by atoms with Crippen molar-refractivity contribution in [1.29, 1.82) is 0 Å². The van der Waals surface area contributed by atoms with E-state index < -0.39 is 0 Å². The Labute approximate surface area is 207 Å². The van der Waals surface area contributed by atoms with Crippen LogP contribution in [-0.4, -0.2) is 72.8 Å². The number of hydrogen-bond donors (Lipinski definition) is 1. The predicted octanol–water partition coefficient (Wildman–Crippen LogP) is 3.44. The highest BCUT2D eigenvalue weighted by Crippen LogP contribution is 2.26. The Balaban J connectivity index is 0.00000324. The van der Waals surface area contributed by atoms with E-state index in [9.17, 15) is 4.79 Å². The Kier molecular flexibility index (Phi) is 9.47. The van der Waals surface area contributed by atoms with E-state index in [2.05, 4.69) is 60.1 Å². The van der Waals surface area contributed by atoms with Crippen molar-refractivity contribution < 1.29 is 14.3 Å². The first-order chi connectivity index (χ1) is 16.0. The van der Waals surface area contributed by atoms with Gasteiger partial charge < -0.3 is 24.1 Å². The number of imidazole rings is 1. The highest BCUT2D eigenvalue weighted by molar-refractivity contribution is 5.85. The Morgan fingerprint density at radius 1 is 1.18 bits per heavy atom. The second kappa shape index (κ2) is 12.3. The van der Waals surface area contributed by atoms with Gasteiger partial charge in [0, 0.05) is 45.0 Å². The number of amides is 1. The molecule has 1 unspecified atom stereocenters. The molecule has 1 aromatic carbocycles. The fourth-order valence-electron chi connectivity index (χ4n) is 4.23. The van der Waals surface area contributed by atoms with Crippen LogP contribution in [0.1, 0.15) is 23.2 Å². The lowest BCUT2D eigenvalue weighted by Crippen LogP contribution is -2.42. The molecule has 184 valence electrons. The molecule has 1 amide bonds. The quantitative estimate of drug-likeness (QED) is 0.502. The molecule has 3 aromatic rings. The minimum absolute atomic E-state index is 0. The average molecular weight is 487 g/mol. The topological polar surface area (TPSA) is 68.1 Å². The van der Waals surface area contributed by atoms with E-state index in [0.717, 1.165) is 54.3 Å². The highest BCUT2D eigenvalue weighted by atomic mass is 35.5. The number of rotatable bonds is 9. The fraction of sp³-hybridized carbons (Fsp3) is 0.462. The van der Waals surface area contributed by atoms with Crippen LogP contribution in [0.2, 0.25) is 0 Å². The van der Waals surface area contributed by atoms with Gasteiger partial charge in [-0.1, -0.05) is 35.9 Å². The molecule has 1 saturated heterocycles. The summed E-state index contributed by atoms with van der Waals surface area (Å²) in [7, 11) is 1.67. The highest BCUT2D eigenvalue weighted by Gasteiger charge is 2.22. The lowest BCUT2D eigenvalue weighted by atomic mass is 10.1. The maximum Gasteiger partial charge on any atom is 0.228 e. The van der Waals surface area contributed by atoms with Gasteiger partial charge in [-0.3, -0.25) is 4.79 Å². The third-order valence-electron chi connectivity index (χ3n) is 6.15. The van der Waals surface area contributed by atoms with Crippen LogP contribution in [0.3, 0.4) is 0 Å². The van der Waals surface area contributed by atoms with Gasteiger partial charge in [0.1, 0.15) is 5.65 Å². The predicted molar refractivity (Wildman–Crippen MR) is 137 cm³/mol. The summed E-state index contributed by atoms with van der Waals surface area (Å²) < 4.78 is 13.2. The normalized spacial score (nSPS) is 15.8. The van der Waals surface area contributed by atoms with E-state index in [1.165, 1.54) is 5.56 Å². The lowest BCUT2D eigenvalue weighted by Gasteiger charge is -2.28. The van der Waals surface area contributed by atoms with Crippen molar-refractivity contribution >= 4 is 24.0 Å². The van der Waals surface area contributed by atoms with Gasteiger partial charge in [0.05, 0.1) is 37.1 Å². The Morgan fingerprint density at radius 2 is 1.94 bits per heavy atom. The van der Waals surface area contributed by atoms with Gasteiger partial charge in [0.15, 0.2) is 0 Å². The number of methoxy groups -OCH3 is 1. The lowest BCUT2D eigenvalue weighted by molar-refractivity contribution is -0.131. The molecule has 2 aromatic heterocycles. The Bertz CT molecular complexity index is 1080. The molecule has 0 radical (unpaired) electrons. The Morgan fingerprint density at radius 3 is 2.65 bits per heavy atom. The van der Waals surface area contributed by atoms with Gasteiger partial charge in [-0.25, -0.2) is 4.98 Å². The number of aryl methyl sites for hydroxylation is 2. The summed E-state index contributed by atoms with van der Waals surface area (Å²) in [5.74, 6) is 0.0764. The number of morpholine rings is 1. The van der Waals surface area contributed by atoms with Crippen molar-refractivity contribution in [1.82, 2.24) is 19.6 Å². The molecule has 4 rings (SSSR count). The first kappa shape index (κ1) is 26.2. The first-order valence-electron chi connectivity index (χ1n) is 11.7. The third-order valence-corrected chi connectivity index (χ3v) is 6.15. The van der Waals surface area contributed by atoms with Gasteiger partial charge in [-0.2, -0.15) is 0 Å². The van der Waals surface area contributed by atoms with Gasteiger partial charge in [0.25, 0.3) is 0 Å². The van der Waals surface area contributed by atoms with Crippen LogP contribution in [0, 0.1) is 13.8 Å². The summed E-state index contributed by atoms with van der Waals surface area (Å²) in [4.78, 5) is 20.3. The van der Waals surface area contributed by atoms with Crippen LogP contribution in [0.15, 0.2) is 42.6 Å². The number of hydrogen-bond acceptors (Lipinski definition) is 5. The van der Waals surface area contributed by atoms with Crippen molar-refractivity contribution in [3.63, 3.8) is 0 Å². The monoisotopic (exact) mass is 486 g/mol. The van der Waals surface area contributed by atoms with E-state index in [4.69, 9.17) is 14.5 Å². The SMILES string of the molecule is COCCN(CCC1CNCCO1)C(=O)Cc1c(-c2ccc(C)cc2)nc2ccc(C)cn12.Cl. The number of carbonyl (C=O) groups excluding carboxylic acids is 1. The molecule has 0 bridgehead atoms. The maximum atomic E-state index is 13.5. The molecule has 0 aliphatic carbocycles. The maximum absolute atomic E-state index is 13.5. The zero-order valence-corrected chi connectivity index (χ0v) is 21.1. The number of nitrogens with one attached hydrogen (secondary N) is 1. The molecule has 7 nitrogen and oxygen atoms in total. The first-order valence-corrected chi connectivity index (χ1v) is 11.7. The summed E-state index contributed by atoms with van der Waals surface area (Å²) in [6.45, 7) is 8.27. The van der Waals surface area contributed by atoms with E-state index in [1.54, 1.807) is 7.11 Å². The molecular formula is C26H35ClN4O3. The molecule has 8 heteroatoms. The van der Waals surface area contributed by atoms with E-state index in [1.807, 2.05) is 11.0 Å². The van der Waals surface area contributed by atoms with Gasteiger partial charge in [-0.15, -0.1) is 12.4 Å². The summed E-state index contributed by atoms with van der Waals surface area (Å²) in [6.07, 6.45) is 3.28. The van der Waals surface area contributed by atoms with Crippen LogP contribution >= 0.6 is 12.4 Å². The number of halogens is 1. The van der Waals surface area contributed by atoms with Gasteiger partial charge in [0.2, 0.25) is 5.91 Å². The number of ether oxygens (including phenoxy) is 2. The van der Waals surface area contributed by atoms with Crippen molar-refractivity contribution in [3.8, 4) is 11.3 Å². The molecule has 3 heterocycles. The number of aromatic nitrogens is 2. The minimum Gasteiger partial charge on any atom is -0.383 e. The standard InChI is InChI=1S/C26H34N4O3.ClH/c1-19-4-7-21(8-5-19)26-23(30-18-20(2)6-9-24(30)28-26)16-25(31)29(13-15-32-3)12-10-22-17-27-11-14-33-22;/h4-9,18,22,27H,10-17H2,1-3H3;1H. The van der Waals surface area contributed by atoms with Crippen LogP contribution < -0.4 is 5.32 Å². The number of pyridine rings is 1. The fourth-order valence-corrected chi connectivity index (χ4v) is 4.23. The average Bonchev–Trinajstić information content (AvgIpc) is 3.17. The summed E-state index contributed by atoms with van der Waals surface area (Å²) in [5.41, 5.74) is 5.98. The van der Waals surface area contributed by atoms with Crippen LogP contribution in [-0.2, 0) is 20.7 Å². The second-order valence-corrected chi connectivity index (χ2v) is 8.74. The van der Waals surface area contributed by atoms with Crippen LogP contribution in [0.4, 0.5) is 0 Å². The molecule has 34 heavy (non-hydrogen) atoms. The van der Waals surface area contributed by atoms with Crippen molar-refractivity contribution in [2.75, 3.05) is 46.5 Å². The second-order valence-electron chi connectivity index (χ2n) is 8.74. The summed E-state index contributed by atoms with van der Waals surface area (Å²) in [6, 6.07) is 12.4. The zero-order chi connectivity index (χ0) is 23.2. The number of nitrogens with zero attached hydrogens (tertiary/aromatic N) is 3. The smallest absolute Gasteiger partial charge is 0.228 e. The number of benzene rings is 1. The van der Waals surface area contributed by atoms with E-state index >= 15 is 0 Å². The van der Waals surface area contributed by atoms with Crippen LogP contribution in [0.25, 0.3) is 16.9 Å². The molecule has 1 fully saturated rings. The molecular weight excluding hydrogens is 452 g/mol. The molecule has 1 N–H and O–H groups in total. The number of carbonyl (C=O) groups is 1. The molecule has 1 aliphatic heterocycles. The zero-order valence-electron chi connectivity index (χ0n) is 20.3. The molecule has 1 atom stereocenters. The van der Waals surface area contributed by atoms with Crippen molar-refractivity contribution in [2.24, 2.45) is 0 Å². The van der Waals surface area contributed by atoms with Crippen molar-refractivity contribution in [3.05, 3.63) is 59.4 Å². The van der Waals surface area contributed by atoms with E-state index in [0.29, 0.717) is 19.7 Å². The van der Waals surface area contributed by atoms with Crippen molar-refractivity contribution in [2.45, 2.75) is 32.8 Å². The van der Waals surface area contributed by atoms with Gasteiger partial charge >= 0.3 is 0 Å². The van der Waals surface area contributed by atoms with Gasteiger partial charge in [-0.05, 0) is 31.9 Å². The molecule has 0 saturated carbocycles. The third kappa shape index (κ3) is 6.36. The molecule has 0 spiro atoms. The molecule has 1 aliphatic rings.